The Morgan fingerprint density at radius 1 is 1.30 bits per heavy atom. The van der Waals surface area contributed by atoms with E-state index < -0.39 is 4.92 Å². The Kier molecular flexibility index (Phi) is 4.43. The van der Waals surface area contributed by atoms with Crippen LogP contribution in [0, 0.1) is 10.1 Å². The molecule has 0 aliphatic rings. The maximum absolute atomic E-state index is 11.0. The van der Waals surface area contributed by atoms with Gasteiger partial charge >= 0.3 is 5.69 Å². The lowest BCUT2D eigenvalue weighted by molar-refractivity contribution is -0.385. The first-order chi connectivity index (χ1) is 9.72. The standard InChI is InChI=1S/C13H14N4O3/c1-20-13-11(17(18)19)12(15-9-16-13)14-8-7-10-5-3-2-4-6-10/h2-6,9H,7-8H2,1H3,(H,14,15,16). The number of benzene rings is 1. The van der Waals surface area contributed by atoms with Gasteiger partial charge in [0, 0.05) is 6.54 Å². The van der Waals surface area contributed by atoms with Crippen molar-refractivity contribution in [2.45, 2.75) is 6.42 Å². The molecule has 0 fully saturated rings. The summed E-state index contributed by atoms with van der Waals surface area (Å²) >= 11 is 0. The number of methoxy groups -OCH3 is 1. The summed E-state index contributed by atoms with van der Waals surface area (Å²) in [5, 5.41) is 14.0. The average Bonchev–Trinajstić information content (AvgIpc) is 2.47. The third-order valence-corrected chi connectivity index (χ3v) is 2.71. The highest BCUT2D eigenvalue weighted by molar-refractivity contribution is 5.61. The van der Waals surface area contributed by atoms with Crippen LogP contribution in [-0.4, -0.2) is 28.5 Å². The third-order valence-electron chi connectivity index (χ3n) is 2.71. The topological polar surface area (TPSA) is 90.2 Å². The van der Waals surface area contributed by atoms with Crippen LogP contribution in [0.25, 0.3) is 0 Å². The van der Waals surface area contributed by atoms with Gasteiger partial charge in [-0.05, 0) is 12.0 Å². The van der Waals surface area contributed by atoms with E-state index in [2.05, 4.69) is 15.3 Å². The van der Waals surface area contributed by atoms with Gasteiger partial charge in [0.25, 0.3) is 5.88 Å². The molecule has 0 bridgehead atoms. The van der Waals surface area contributed by atoms with Crippen LogP contribution >= 0.6 is 0 Å². The van der Waals surface area contributed by atoms with Gasteiger partial charge in [-0.15, -0.1) is 0 Å². The predicted octanol–water partition coefficient (Wildman–Crippen LogP) is 2.05. The largest absolute Gasteiger partial charge is 0.476 e. The first-order valence-electron chi connectivity index (χ1n) is 6.03. The van der Waals surface area contributed by atoms with Gasteiger partial charge in [0.15, 0.2) is 0 Å². The second-order valence-electron chi connectivity index (χ2n) is 4.00. The van der Waals surface area contributed by atoms with Gasteiger partial charge in [-0.2, -0.15) is 4.98 Å². The van der Waals surface area contributed by atoms with Gasteiger partial charge in [0.1, 0.15) is 6.33 Å². The molecule has 1 heterocycles. The van der Waals surface area contributed by atoms with Crippen molar-refractivity contribution in [3.63, 3.8) is 0 Å². The first kappa shape index (κ1) is 13.7. The van der Waals surface area contributed by atoms with E-state index in [0.29, 0.717) is 6.54 Å². The van der Waals surface area contributed by atoms with Crippen molar-refractivity contribution < 1.29 is 9.66 Å². The lowest BCUT2D eigenvalue weighted by Crippen LogP contribution is -2.10. The monoisotopic (exact) mass is 274 g/mol. The number of nitro groups is 1. The highest BCUT2D eigenvalue weighted by Gasteiger charge is 2.23. The molecule has 20 heavy (non-hydrogen) atoms. The molecule has 1 aromatic carbocycles. The zero-order valence-corrected chi connectivity index (χ0v) is 10.9. The first-order valence-corrected chi connectivity index (χ1v) is 6.03. The number of hydrogen-bond acceptors (Lipinski definition) is 6. The second-order valence-corrected chi connectivity index (χ2v) is 4.00. The van der Waals surface area contributed by atoms with Gasteiger partial charge in [-0.25, -0.2) is 4.98 Å². The molecule has 1 aromatic heterocycles. The van der Waals surface area contributed by atoms with Crippen LogP contribution in [0.5, 0.6) is 5.88 Å². The zero-order chi connectivity index (χ0) is 14.4. The molecule has 7 nitrogen and oxygen atoms in total. The highest BCUT2D eigenvalue weighted by Crippen LogP contribution is 2.30. The minimum absolute atomic E-state index is 0.0489. The van der Waals surface area contributed by atoms with Crippen LogP contribution in [0.1, 0.15) is 5.56 Å². The molecule has 0 atom stereocenters. The van der Waals surface area contributed by atoms with Crippen LogP contribution in [0.4, 0.5) is 11.5 Å². The molecule has 0 aliphatic carbocycles. The second kappa shape index (κ2) is 6.46. The minimum Gasteiger partial charge on any atom is -0.476 e. The smallest absolute Gasteiger partial charge is 0.372 e. The van der Waals surface area contributed by atoms with E-state index in [1.54, 1.807) is 0 Å². The van der Waals surface area contributed by atoms with Gasteiger partial charge in [-0.1, -0.05) is 30.3 Å². The van der Waals surface area contributed by atoms with Crippen molar-refractivity contribution in [2.75, 3.05) is 19.0 Å². The van der Waals surface area contributed by atoms with Crippen molar-refractivity contribution >= 4 is 11.5 Å². The van der Waals surface area contributed by atoms with E-state index in [1.165, 1.54) is 13.4 Å². The summed E-state index contributed by atoms with van der Waals surface area (Å²) in [4.78, 5) is 18.1. The van der Waals surface area contributed by atoms with E-state index in [9.17, 15) is 10.1 Å². The van der Waals surface area contributed by atoms with Gasteiger partial charge in [0.05, 0.1) is 12.0 Å². The Morgan fingerprint density at radius 3 is 2.70 bits per heavy atom. The number of anilines is 1. The third kappa shape index (κ3) is 3.19. The maximum atomic E-state index is 11.0. The molecular formula is C13H14N4O3. The van der Waals surface area contributed by atoms with Crippen LogP contribution < -0.4 is 10.1 Å². The Bertz CT molecular complexity index is 589. The molecule has 7 heteroatoms. The average molecular weight is 274 g/mol. The molecule has 0 saturated heterocycles. The molecule has 2 aromatic rings. The van der Waals surface area contributed by atoms with Crippen molar-refractivity contribution in [3.8, 4) is 5.88 Å². The van der Waals surface area contributed by atoms with E-state index in [1.807, 2.05) is 30.3 Å². The van der Waals surface area contributed by atoms with Crippen LogP contribution in [0.15, 0.2) is 36.7 Å². The van der Waals surface area contributed by atoms with Gasteiger partial charge < -0.3 is 10.1 Å². The van der Waals surface area contributed by atoms with Crippen LogP contribution in [0.3, 0.4) is 0 Å². The summed E-state index contributed by atoms with van der Waals surface area (Å²) in [6.07, 6.45) is 1.97. The molecule has 0 spiro atoms. The molecule has 104 valence electrons. The fraction of sp³-hybridized carbons (Fsp3) is 0.231. The number of aromatic nitrogens is 2. The SMILES string of the molecule is COc1ncnc(NCCc2ccccc2)c1[N+](=O)[O-]. The van der Waals surface area contributed by atoms with E-state index in [0.717, 1.165) is 12.0 Å². The molecule has 2 rings (SSSR count). The maximum Gasteiger partial charge on any atom is 0.372 e. The van der Waals surface area contributed by atoms with E-state index in [-0.39, 0.29) is 17.4 Å². The highest BCUT2D eigenvalue weighted by atomic mass is 16.6. The number of ether oxygens (including phenoxy) is 1. The molecule has 0 saturated carbocycles. The summed E-state index contributed by atoms with van der Waals surface area (Å²) < 4.78 is 4.88. The number of rotatable bonds is 6. The Balaban J connectivity index is 2.08. The van der Waals surface area contributed by atoms with Crippen molar-refractivity contribution in [3.05, 3.63) is 52.3 Å². The molecule has 0 unspecified atom stereocenters. The summed E-state index contributed by atoms with van der Waals surface area (Å²) in [5.41, 5.74) is 0.895. The van der Waals surface area contributed by atoms with E-state index in [4.69, 9.17) is 4.74 Å². The van der Waals surface area contributed by atoms with Gasteiger partial charge in [-0.3, -0.25) is 10.1 Å². The Hall–Kier alpha value is -2.70. The molecule has 1 N–H and O–H groups in total. The normalized spacial score (nSPS) is 10.1. The fourth-order valence-corrected chi connectivity index (χ4v) is 1.78. The molecular weight excluding hydrogens is 260 g/mol. The lowest BCUT2D eigenvalue weighted by atomic mass is 10.1. The minimum atomic E-state index is -0.552. The Morgan fingerprint density at radius 2 is 2.05 bits per heavy atom. The number of hydrogen-bond donors (Lipinski definition) is 1. The summed E-state index contributed by atoms with van der Waals surface area (Å²) in [6.45, 7) is 0.533. The summed E-state index contributed by atoms with van der Waals surface area (Å²) in [5.74, 6) is 0.116. The van der Waals surface area contributed by atoms with Gasteiger partial charge in [0.2, 0.25) is 5.82 Å². The summed E-state index contributed by atoms with van der Waals surface area (Å²) in [7, 11) is 1.34. The Labute approximate surface area is 115 Å². The number of nitrogens with one attached hydrogen (secondary N) is 1. The quantitative estimate of drug-likeness (QED) is 0.640. The summed E-state index contributed by atoms with van der Waals surface area (Å²) in [6, 6.07) is 9.83. The van der Waals surface area contributed by atoms with Crippen LogP contribution in [-0.2, 0) is 6.42 Å². The molecule has 0 amide bonds. The molecule has 0 radical (unpaired) electrons. The van der Waals surface area contributed by atoms with Crippen molar-refractivity contribution in [1.29, 1.82) is 0 Å². The zero-order valence-electron chi connectivity index (χ0n) is 10.9. The number of nitrogens with zero attached hydrogens (tertiary/aromatic N) is 3. The van der Waals surface area contributed by atoms with Crippen molar-refractivity contribution in [1.82, 2.24) is 9.97 Å². The lowest BCUT2D eigenvalue weighted by Gasteiger charge is -2.07. The van der Waals surface area contributed by atoms with Crippen LogP contribution in [0.2, 0.25) is 0 Å². The predicted molar refractivity (Wildman–Crippen MR) is 73.9 cm³/mol. The van der Waals surface area contributed by atoms with Crippen molar-refractivity contribution in [2.24, 2.45) is 0 Å². The van der Waals surface area contributed by atoms with E-state index >= 15 is 0 Å². The molecule has 0 aliphatic heterocycles. The fourth-order valence-electron chi connectivity index (χ4n) is 1.78.